The molecule has 0 bridgehead atoms. The van der Waals surface area contributed by atoms with Crippen molar-refractivity contribution in [2.24, 2.45) is 0 Å². The standard InChI is InChI=1S/C10H13NO/c1-3-8-11(2)9-6-4-5-7-10(9)12/h3-7,12H,1,8H2,2H3. The van der Waals surface area contributed by atoms with Crippen LogP contribution in [-0.2, 0) is 0 Å². The average Bonchev–Trinajstić information content (AvgIpc) is 2.05. The lowest BCUT2D eigenvalue weighted by molar-refractivity contribution is 0.475. The Hall–Kier alpha value is -1.44. The van der Waals surface area contributed by atoms with E-state index in [-0.39, 0.29) is 0 Å². The van der Waals surface area contributed by atoms with Crippen LogP contribution in [0.1, 0.15) is 0 Å². The largest absolute Gasteiger partial charge is 0.506 e. The van der Waals surface area contributed by atoms with Gasteiger partial charge in [0.25, 0.3) is 0 Å². The molecule has 0 aliphatic carbocycles. The maximum atomic E-state index is 9.43. The zero-order valence-corrected chi connectivity index (χ0v) is 7.20. The average molecular weight is 163 g/mol. The minimum atomic E-state index is 0.307. The molecule has 64 valence electrons. The summed E-state index contributed by atoms with van der Waals surface area (Å²) in [6, 6.07) is 7.25. The lowest BCUT2D eigenvalue weighted by Crippen LogP contribution is -2.16. The Morgan fingerprint density at radius 2 is 2.17 bits per heavy atom. The summed E-state index contributed by atoms with van der Waals surface area (Å²) in [4.78, 5) is 1.93. The van der Waals surface area contributed by atoms with Crippen molar-refractivity contribution in [1.82, 2.24) is 0 Å². The van der Waals surface area contributed by atoms with Crippen LogP contribution >= 0.6 is 0 Å². The Morgan fingerprint density at radius 3 is 2.75 bits per heavy atom. The van der Waals surface area contributed by atoms with Gasteiger partial charge in [-0.3, -0.25) is 0 Å². The first-order valence-corrected chi connectivity index (χ1v) is 3.85. The second kappa shape index (κ2) is 3.81. The summed E-state index contributed by atoms with van der Waals surface area (Å²) >= 11 is 0. The third-order valence-electron chi connectivity index (χ3n) is 1.70. The third kappa shape index (κ3) is 1.78. The molecule has 0 aliphatic rings. The van der Waals surface area contributed by atoms with Gasteiger partial charge in [-0.25, -0.2) is 0 Å². The first-order chi connectivity index (χ1) is 5.75. The minimum Gasteiger partial charge on any atom is -0.506 e. The molecule has 0 aliphatic heterocycles. The normalized spacial score (nSPS) is 9.42. The van der Waals surface area contributed by atoms with Crippen LogP contribution in [0, 0.1) is 0 Å². The molecule has 0 fully saturated rings. The first kappa shape index (κ1) is 8.65. The number of benzene rings is 1. The number of hydrogen-bond donors (Lipinski definition) is 1. The van der Waals surface area contributed by atoms with Crippen LogP contribution in [0.3, 0.4) is 0 Å². The summed E-state index contributed by atoms with van der Waals surface area (Å²) in [6.45, 7) is 4.37. The molecule has 0 aromatic heterocycles. The van der Waals surface area contributed by atoms with E-state index in [1.807, 2.05) is 24.1 Å². The molecule has 12 heavy (non-hydrogen) atoms. The number of aromatic hydroxyl groups is 1. The second-order valence-electron chi connectivity index (χ2n) is 2.66. The summed E-state index contributed by atoms with van der Waals surface area (Å²) in [7, 11) is 1.91. The van der Waals surface area contributed by atoms with Crippen LogP contribution in [0.4, 0.5) is 5.69 Å². The summed E-state index contributed by atoms with van der Waals surface area (Å²) < 4.78 is 0. The molecule has 1 aromatic carbocycles. The van der Waals surface area contributed by atoms with E-state index in [0.29, 0.717) is 5.75 Å². The topological polar surface area (TPSA) is 23.5 Å². The van der Waals surface area contributed by atoms with Crippen LogP contribution in [0.2, 0.25) is 0 Å². The van der Waals surface area contributed by atoms with Gasteiger partial charge in [0, 0.05) is 13.6 Å². The molecule has 0 amide bonds. The highest BCUT2D eigenvalue weighted by Gasteiger charge is 2.02. The molecule has 2 heteroatoms. The van der Waals surface area contributed by atoms with Crippen LogP contribution in [0.5, 0.6) is 5.75 Å². The first-order valence-electron chi connectivity index (χ1n) is 3.85. The Kier molecular flexibility index (Phi) is 2.75. The van der Waals surface area contributed by atoms with Gasteiger partial charge in [-0.2, -0.15) is 0 Å². The van der Waals surface area contributed by atoms with Crippen molar-refractivity contribution in [3.05, 3.63) is 36.9 Å². The highest BCUT2D eigenvalue weighted by molar-refractivity contribution is 5.57. The monoisotopic (exact) mass is 163 g/mol. The zero-order valence-electron chi connectivity index (χ0n) is 7.20. The Morgan fingerprint density at radius 1 is 1.50 bits per heavy atom. The predicted octanol–water partition coefficient (Wildman–Crippen LogP) is 2.01. The maximum absolute atomic E-state index is 9.43. The van der Waals surface area contributed by atoms with Crippen LogP contribution in [0.15, 0.2) is 36.9 Å². The number of phenolic OH excluding ortho intramolecular Hbond substituents is 1. The molecule has 0 saturated heterocycles. The number of rotatable bonds is 3. The molecular formula is C10H13NO. The van der Waals surface area contributed by atoms with Gasteiger partial charge >= 0.3 is 0 Å². The third-order valence-corrected chi connectivity index (χ3v) is 1.70. The molecule has 0 unspecified atom stereocenters. The fourth-order valence-corrected chi connectivity index (χ4v) is 1.08. The van der Waals surface area contributed by atoms with E-state index in [2.05, 4.69) is 6.58 Å². The summed E-state index contributed by atoms with van der Waals surface area (Å²) in [5, 5.41) is 9.43. The Bertz CT molecular complexity index is 270. The SMILES string of the molecule is C=CCN(C)c1ccccc1O. The lowest BCUT2D eigenvalue weighted by atomic mass is 10.2. The number of hydrogen-bond acceptors (Lipinski definition) is 2. The number of para-hydroxylation sites is 2. The molecule has 0 radical (unpaired) electrons. The van der Waals surface area contributed by atoms with Gasteiger partial charge in [0.15, 0.2) is 0 Å². The van der Waals surface area contributed by atoms with E-state index in [1.165, 1.54) is 0 Å². The fraction of sp³-hybridized carbons (Fsp3) is 0.200. The van der Waals surface area contributed by atoms with Gasteiger partial charge in [-0.15, -0.1) is 6.58 Å². The van der Waals surface area contributed by atoms with Crippen LogP contribution in [0.25, 0.3) is 0 Å². The molecule has 1 N–H and O–H groups in total. The predicted molar refractivity (Wildman–Crippen MR) is 51.6 cm³/mol. The second-order valence-corrected chi connectivity index (χ2v) is 2.66. The summed E-state index contributed by atoms with van der Waals surface area (Å²) in [6.07, 6.45) is 1.80. The fourth-order valence-electron chi connectivity index (χ4n) is 1.08. The number of nitrogens with zero attached hydrogens (tertiary/aromatic N) is 1. The van der Waals surface area contributed by atoms with Crippen molar-refractivity contribution < 1.29 is 5.11 Å². The van der Waals surface area contributed by atoms with E-state index in [1.54, 1.807) is 18.2 Å². The number of phenols is 1. The van der Waals surface area contributed by atoms with Gasteiger partial charge in [0.1, 0.15) is 5.75 Å². The van der Waals surface area contributed by atoms with E-state index in [4.69, 9.17) is 0 Å². The number of likely N-dealkylation sites (N-methyl/N-ethyl adjacent to an activating group) is 1. The van der Waals surface area contributed by atoms with Crippen LogP contribution < -0.4 is 4.90 Å². The number of anilines is 1. The Labute approximate surface area is 72.8 Å². The van der Waals surface area contributed by atoms with E-state index in [0.717, 1.165) is 12.2 Å². The quantitative estimate of drug-likeness (QED) is 0.689. The van der Waals surface area contributed by atoms with Gasteiger partial charge in [0.05, 0.1) is 5.69 Å². The van der Waals surface area contributed by atoms with Crippen molar-refractivity contribution in [3.8, 4) is 5.75 Å². The molecule has 1 aromatic rings. The smallest absolute Gasteiger partial charge is 0.138 e. The van der Waals surface area contributed by atoms with Crippen molar-refractivity contribution in [2.45, 2.75) is 0 Å². The maximum Gasteiger partial charge on any atom is 0.138 e. The van der Waals surface area contributed by atoms with Crippen molar-refractivity contribution in [2.75, 3.05) is 18.5 Å². The highest BCUT2D eigenvalue weighted by atomic mass is 16.3. The summed E-state index contributed by atoms with van der Waals surface area (Å²) in [5.41, 5.74) is 0.831. The van der Waals surface area contributed by atoms with E-state index >= 15 is 0 Å². The zero-order chi connectivity index (χ0) is 8.97. The minimum absolute atomic E-state index is 0.307. The van der Waals surface area contributed by atoms with Gasteiger partial charge in [-0.1, -0.05) is 18.2 Å². The van der Waals surface area contributed by atoms with Gasteiger partial charge in [0.2, 0.25) is 0 Å². The summed E-state index contributed by atoms with van der Waals surface area (Å²) in [5.74, 6) is 0.307. The van der Waals surface area contributed by atoms with Crippen LogP contribution in [-0.4, -0.2) is 18.7 Å². The van der Waals surface area contributed by atoms with Crippen molar-refractivity contribution in [1.29, 1.82) is 0 Å². The van der Waals surface area contributed by atoms with Gasteiger partial charge < -0.3 is 10.0 Å². The van der Waals surface area contributed by atoms with Crippen molar-refractivity contribution in [3.63, 3.8) is 0 Å². The molecule has 0 spiro atoms. The molecule has 0 heterocycles. The van der Waals surface area contributed by atoms with Gasteiger partial charge in [-0.05, 0) is 12.1 Å². The molecule has 0 atom stereocenters. The molecule has 1 rings (SSSR count). The van der Waals surface area contributed by atoms with E-state index in [9.17, 15) is 5.11 Å². The highest BCUT2D eigenvalue weighted by Crippen LogP contribution is 2.24. The molecular weight excluding hydrogens is 150 g/mol. The Balaban J connectivity index is 2.86. The van der Waals surface area contributed by atoms with E-state index < -0.39 is 0 Å². The lowest BCUT2D eigenvalue weighted by Gasteiger charge is -2.17. The molecule has 0 saturated carbocycles. The molecule has 2 nitrogen and oxygen atoms in total. The van der Waals surface area contributed by atoms with Crippen molar-refractivity contribution >= 4 is 5.69 Å².